The van der Waals surface area contributed by atoms with Crippen molar-refractivity contribution >= 4 is 23.5 Å². The van der Waals surface area contributed by atoms with Crippen molar-refractivity contribution < 1.29 is 19.4 Å². The van der Waals surface area contributed by atoms with E-state index in [2.05, 4.69) is 9.97 Å². The number of hydrogen-bond acceptors (Lipinski definition) is 6. The first-order chi connectivity index (χ1) is 9.89. The summed E-state index contributed by atoms with van der Waals surface area (Å²) < 4.78 is 10.7. The summed E-state index contributed by atoms with van der Waals surface area (Å²) in [5, 5.41) is 10.2. The van der Waals surface area contributed by atoms with Gasteiger partial charge in [0.05, 0.1) is 5.60 Å². The molecule has 1 atom stereocenters. The first kappa shape index (κ1) is 18.6. The third-order valence-corrected chi connectivity index (χ3v) is 2.31. The van der Waals surface area contributed by atoms with Gasteiger partial charge in [0.1, 0.15) is 11.4 Å². The van der Waals surface area contributed by atoms with Gasteiger partial charge in [-0.2, -0.15) is 4.98 Å². The van der Waals surface area contributed by atoms with Crippen LogP contribution in [0.5, 0.6) is 0 Å². The highest BCUT2D eigenvalue weighted by molar-refractivity contribution is 6.28. The molecule has 1 heterocycles. The number of rotatable bonds is 3. The van der Waals surface area contributed by atoms with Gasteiger partial charge in [-0.3, -0.25) is 0 Å². The topological polar surface area (TPSA) is 84.8 Å². The number of aliphatic hydroxyl groups excluding tert-OH is 1. The van der Waals surface area contributed by atoms with Crippen molar-refractivity contribution in [3.8, 4) is 0 Å². The van der Waals surface area contributed by atoms with E-state index >= 15 is 0 Å². The minimum absolute atomic E-state index is 0.0611. The van der Waals surface area contributed by atoms with Crippen LogP contribution in [0.3, 0.4) is 0 Å². The van der Waals surface area contributed by atoms with E-state index in [0.717, 1.165) is 4.90 Å². The summed E-state index contributed by atoms with van der Waals surface area (Å²) in [6, 6.07) is 1.42. The fourth-order valence-corrected chi connectivity index (χ4v) is 1.58. The molecule has 0 aliphatic rings. The van der Waals surface area contributed by atoms with Crippen LogP contribution < -0.4 is 4.90 Å². The lowest BCUT2D eigenvalue weighted by Crippen LogP contribution is -2.48. The summed E-state index contributed by atoms with van der Waals surface area (Å²) in [6.07, 6.45) is -1.02. The number of aliphatic hydroxyl groups is 1. The van der Waals surface area contributed by atoms with Crippen LogP contribution in [0.1, 0.15) is 41.5 Å². The Labute approximate surface area is 135 Å². The monoisotopic (exact) mass is 331 g/mol. The Kier molecular flexibility index (Phi) is 5.72. The highest BCUT2D eigenvalue weighted by Crippen LogP contribution is 2.22. The molecule has 0 saturated carbocycles. The third kappa shape index (κ3) is 6.13. The molecule has 0 spiro atoms. The maximum absolute atomic E-state index is 12.4. The number of hydrogen-bond donors (Lipinski definition) is 1. The maximum Gasteiger partial charge on any atom is 0.420 e. The maximum atomic E-state index is 12.4. The normalized spacial score (nSPS) is 13.6. The molecule has 124 valence electrons. The van der Waals surface area contributed by atoms with Gasteiger partial charge >= 0.3 is 6.09 Å². The third-order valence-electron chi connectivity index (χ3n) is 2.13. The molecule has 1 aromatic heterocycles. The summed E-state index contributed by atoms with van der Waals surface area (Å²) in [6.45, 7) is 10.4. The SMILES string of the molecule is CC(C)(C)OC(=O)N(c1ccnc(Cl)n1)C(O)OC(C)(C)C. The van der Waals surface area contributed by atoms with Crippen molar-refractivity contribution in [3.05, 3.63) is 17.5 Å². The predicted octanol–water partition coefficient (Wildman–Crippen LogP) is 2.96. The van der Waals surface area contributed by atoms with Gasteiger partial charge in [-0.05, 0) is 59.2 Å². The smallest absolute Gasteiger partial charge is 0.420 e. The molecule has 0 radical (unpaired) electrons. The second-order valence-electron chi connectivity index (χ2n) is 6.59. The summed E-state index contributed by atoms with van der Waals surface area (Å²) in [5.41, 5.74) is -1.43. The van der Waals surface area contributed by atoms with Gasteiger partial charge in [-0.25, -0.2) is 14.7 Å². The Bertz CT molecular complexity index is 526. The number of aromatic nitrogens is 2. The number of halogens is 1. The average molecular weight is 332 g/mol. The Morgan fingerprint density at radius 1 is 1.27 bits per heavy atom. The van der Waals surface area contributed by atoms with Crippen molar-refractivity contribution in [1.29, 1.82) is 0 Å². The summed E-state index contributed by atoms with van der Waals surface area (Å²) in [4.78, 5) is 20.9. The number of nitrogens with zero attached hydrogens (tertiary/aromatic N) is 3. The number of ether oxygens (including phenoxy) is 2. The second-order valence-corrected chi connectivity index (χ2v) is 6.93. The summed E-state index contributed by atoms with van der Waals surface area (Å²) >= 11 is 5.74. The van der Waals surface area contributed by atoms with Crippen LogP contribution >= 0.6 is 11.6 Å². The van der Waals surface area contributed by atoms with Gasteiger partial charge in [0, 0.05) is 6.20 Å². The van der Waals surface area contributed by atoms with E-state index in [0.29, 0.717) is 0 Å². The van der Waals surface area contributed by atoms with E-state index in [9.17, 15) is 9.90 Å². The van der Waals surface area contributed by atoms with E-state index in [1.165, 1.54) is 12.3 Å². The standard InChI is InChI=1S/C14H22ClN3O4/c1-13(2,3)21-11(19)18(12(20)22-14(4,5)6)9-7-8-16-10(15)17-9/h7-8,11,19H,1-6H3. The lowest BCUT2D eigenvalue weighted by Gasteiger charge is -2.33. The molecule has 7 nitrogen and oxygen atoms in total. The van der Waals surface area contributed by atoms with Crippen LogP contribution in [0.15, 0.2) is 12.3 Å². The van der Waals surface area contributed by atoms with Gasteiger partial charge in [0.25, 0.3) is 0 Å². The molecular weight excluding hydrogens is 310 g/mol. The molecule has 0 fully saturated rings. The molecule has 0 aliphatic carbocycles. The highest BCUT2D eigenvalue weighted by atomic mass is 35.5. The average Bonchev–Trinajstić information content (AvgIpc) is 2.23. The van der Waals surface area contributed by atoms with Gasteiger partial charge in [0.15, 0.2) is 0 Å². The summed E-state index contributed by atoms with van der Waals surface area (Å²) in [5.74, 6) is 0.0750. The van der Waals surface area contributed by atoms with Crippen molar-refractivity contribution in [3.63, 3.8) is 0 Å². The Hall–Kier alpha value is -1.44. The molecule has 0 aliphatic heterocycles. The first-order valence-corrected chi connectivity index (χ1v) is 7.13. The van der Waals surface area contributed by atoms with Crippen molar-refractivity contribution in [2.75, 3.05) is 4.90 Å². The molecule has 1 rings (SSSR count). The van der Waals surface area contributed by atoms with E-state index < -0.39 is 23.7 Å². The molecule has 1 amide bonds. The number of amides is 1. The lowest BCUT2D eigenvalue weighted by atomic mass is 10.2. The zero-order chi connectivity index (χ0) is 17.1. The van der Waals surface area contributed by atoms with Gasteiger partial charge < -0.3 is 14.6 Å². The zero-order valence-corrected chi connectivity index (χ0v) is 14.4. The first-order valence-electron chi connectivity index (χ1n) is 6.76. The van der Waals surface area contributed by atoms with E-state index in [1.54, 1.807) is 41.5 Å². The minimum Gasteiger partial charge on any atom is -0.443 e. The molecule has 8 heteroatoms. The lowest BCUT2D eigenvalue weighted by molar-refractivity contribution is -0.163. The molecule has 0 saturated heterocycles. The predicted molar refractivity (Wildman–Crippen MR) is 82.6 cm³/mol. The van der Waals surface area contributed by atoms with Crippen LogP contribution in [-0.2, 0) is 9.47 Å². The quantitative estimate of drug-likeness (QED) is 0.677. The van der Waals surface area contributed by atoms with Crippen LogP contribution in [0, 0.1) is 0 Å². The van der Waals surface area contributed by atoms with Crippen LogP contribution in [0.4, 0.5) is 10.6 Å². The molecular formula is C14H22ClN3O4. The van der Waals surface area contributed by atoms with Crippen molar-refractivity contribution in [2.24, 2.45) is 0 Å². The van der Waals surface area contributed by atoms with E-state index in [4.69, 9.17) is 21.1 Å². The molecule has 1 N–H and O–H groups in total. The van der Waals surface area contributed by atoms with Gasteiger partial charge in [0.2, 0.25) is 11.7 Å². The molecule has 0 bridgehead atoms. The van der Waals surface area contributed by atoms with Crippen molar-refractivity contribution in [1.82, 2.24) is 9.97 Å². The van der Waals surface area contributed by atoms with E-state index in [-0.39, 0.29) is 11.1 Å². The summed E-state index contributed by atoms with van der Waals surface area (Å²) in [7, 11) is 0. The fourth-order valence-electron chi connectivity index (χ4n) is 1.44. The largest absolute Gasteiger partial charge is 0.443 e. The second kappa shape index (κ2) is 6.76. The number of carbonyl (C=O) groups is 1. The van der Waals surface area contributed by atoms with E-state index in [1.807, 2.05) is 0 Å². The fraction of sp³-hybridized carbons (Fsp3) is 0.643. The zero-order valence-electron chi connectivity index (χ0n) is 13.6. The van der Waals surface area contributed by atoms with Crippen LogP contribution in [0.2, 0.25) is 5.28 Å². The van der Waals surface area contributed by atoms with Crippen LogP contribution in [0.25, 0.3) is 0 Å². The highest BCUT2D eigenvalue weighted by Gasteiger charge is 2.33. The Morgan fingerprint density at radius 3 is 2.32 bits per heavy atom. The Morgan fingerprint density at radius 2 is 1.86 bits per heavy atom. The molecule has 0 aromatic carbocycles. The number of anilines is 1. The molecule has 1 unspecified atom stereocenters. The Balaban J connectivity index is 3.12. The molecule has 1 aromatic rings. The molecule has 22 heavy (non-hydrogen) atoms. The number of carbonyl (C=O) groups excluding carboxylic acids is 1. The minimum atomic E-state index is -1.58. The van der Waals surface area contributed by atoms with Crippen LogP contribution in [-0.4, -0.2) is 38.8 Å². The van der Waals surface area contributed by atoms with Gasteiger partial charge in [-0.15, -0.1) is 0 Å². The van der Waals surface area contributed by atoms with Gasteiger partial charge in [-0.1, -0.05) is 0 Å². The van der Waals surface area contributed by atoms with Crippen molar-refractivity contribution in [2.45, 2.75) is 59.2 Å².